The SMILES string of the molecule is CC(Nc1c(-c2ccsc2)nc2ccccn12)C(=O)O. The van der Waals surface area contributed by atoms with Crippen molar-refractivity contribution >= 4 is 28.8 Å². The first kappa shape index (κ1) is 12.7. The van der Waals surface area contributed by atoms with Gasteiger partial charge in [-0.05, 0) is 30.5 Å². The second-order valence-electron chi connectivity index (χ2n) is 4.45. The molecule has 0 saturated carbocycles. The van der Waals surface area contributed by atoms with Gasteiger partial charge in [0, 0.05) is 17.1 Å². The van der Waals surface area contributed by atoms with Crippen molar-refractivity contribution < 1.29 is 9.90 Å². The topological polar surface area (TPSA) is 66.6 Å². The van der Waals surface area contributed by atoms with Gasteiger partial charge < -0.3 is 10.4 Å². The number of carboxylic acids is 1. The van der Waals surface area contributed by atoms with Crippen LogP contribution < -0.4 is 5.32 Å². The summed E-state index contributed by atoms with van der Waals surface area (Å²) in [4.78, 5) is 15.7. The van der Waals surface area contributed by atoms with E-state index in [2.05, 4.69) is 10.3 Å². The molecule has 3 heterocycles. The number of aromatic nitrogens is 2. The van der Waals surface area contributed by atoms with Gasteiger partial charge in [0.1, 0.15) is 23.2 Å². The molecule has 20 heavy (non-hydrogen) atoms. The maximum Gasteiger partial charge on any atom is 0.325 e. The van der Waals surface area contributed by atoms with Gasteiger partial charge in [-0.1, -0.05) is 6.07 Å². The Bertz CT molecular complexity index is 749. The van der Waals surface area contributed by atoms with Crippen LogP contribution in [0.2, 0.25) is 0 Å². The minimum Gasteiger partial charge on any atom is -0.480 e. The standard InChI is InChI=1S/C14H13N3O2S/c1-9(14(18)19)15-13-12(10-5-7-20-8-10)16-11-4-2-3-6-17(11)13/h2-9,15H,1H3,(H,18,19). The number of carbonyl (C=O) groups is 1. The summed E-state index contributed by atoms with van der Waals surface area (Å²) >= 11 is 1.58. The highest BCUT2D eigenvalue weighted by molar-refractivity contribution is 7.08. The molecule has 0 fully saturated rings. The predicted molar refractivity (Wildman–Crippen MR) is 79.2 cm³/mol. The minimum absolute atomic E-state index is 0.688. The van der Waals surface area contributed by atoms with Gasteiger partial charge in [-0.2, -0.15) is 11.3 Å². The number of hydrogen-bond donors (Lipinski definition) is 2. The molecule has 0 spiro atoms. The maximum atomic E-state index is 11.1. The summed E-state index contributed by atoms with van der Waals surface area (Å²) < 4.78 is 1.87. The lowest BCUT2D eigenvalue weighted by Gasteiger charge is -2.11. The van der Waals surface area contributed by atoms with E-state index in [1.807, 2.05) is 45.6 Å². The molecule has 3 rings (SSSR count). The monoisotopic (exact) mass is 287 g/mol. The van der Waals surface area contributed by atoms with E-state index < -0.39 is 12.0 Å². The summed E-state index contributed by atoms with van der Waals surface area (Å²) in [6.07, 6.45) is 1.87. The maximum absolute atomic E-state index is 11.1. The zero-order valence-electron chi connectivity index (χ0n) is 10.8. The first-order chi connectivity index (χ1) is 9.66. The number of aliphatic carboxylic acids is 1. The zero-order valence-corrected chi connectivity index (χ0v) is 11.6. The first-order valence-electron chi connectivity index (χ1n) is 6.16. The van der Waals surface area contributed by atoms with Crippen LogP contribution >= 0.6 is 11.3 Å². The third-order valence-electron chi connectivity index (χ3n) is 3.05. The van der Waals surface area contributed by atoms with Gasteiger partial charge in [0.15, 0.2) is 0 Å². The minimum atomic E-state index is -0.896. The van der Waals surface area contributed by atoms with Crippen LogP contribution in [0.1, 0.15) is 6.92 Å². The van der Waals surface area contributed by atoms with Crippen LogP contribution in [0.15, 0.2) is 41.2 Å². The first-order valence-corrected chi connectivity index (χ1v) is 7.10. The molecular formula is C14H13N3O2S. The third-order valence-corrected chi connectivity index (χ3v) is 3.73. The fraction of sp³-hybridized carbons (Fsp3) is 0.143. The number of nitrogens with one attached hydrogen (secondary N) is 1. The quantitative estimate of drug-likeness (QED) is 0.774. The van der Waals surface area contributed by atoms with Gasteiger partial charge in [-0.15, -0.1) is 0 Å². The Kier molecular flexibility index (Phi) is 3.15. The molecule has 0 radical (unpaired) electrons. The van der Waals surface area contributed by atoms with E-state index in [0.717, 1.165) is 16.9 Å². The van der Waals surface area contributed by atoms with Gasteiger partial charge >= 0.3 is 5.97 Å². The van der Waals surface area contributed by atoms with Crippen LogP contribution in [-0.2, 0) is 4.79 Å². The van der Waals surface area contributed by atoms with Crippen molar-refractivity contribution in [2.75, 3.05) is 5.32 Å². The molecule has 102 valence electrons. The van der Waals surface area contributed by atoms with E-state index in [-0.39, 0.29) is 0 Å². The van der Waals surface area contributed by atoms with Gasteiger partial charge in [0.2, 0.25) is 0 Å². The van der Waals surface area contributed by atoms with E-state index in [9.17, 15) is 4.79 Å². The van der Waals surface area contributed by atoms with Gasteiger partial charge in [0.25, 0.3) is 0 Å². The highest BCUT2D eigenvalue weighted by Crippen LogP contribution is 2.30. The van der Waals surface area contributed by atoms with Crippen molar-refractivity contribution in [1.29, 1.82) is 0 Å². The smallest absolute Gasteiger partial charge is 0.325 e. The second kappa shape index (κ2) is 4.97. The number of pyridine rings is 1. The third kappa shape index (κ3) is 2.14. The fourth-order valence-electron chi connectivity index (χ4n) is 2.00. The molecule has 3 aromatic rings. The van der Waals surface area contributed by atoms with E-state index in [1.54, 1.807) is 18.3 Å². The normalized spacial score (nSPS) is 12.4. The Morgan fingerprint density at radius 3 is 3.00 bits per heavy atom. The van der Waals surface area contributed by atoms with Crippen LogP contribution in [0.5, 0.6) is 0 Å². The average molecular weight is 287 g/mol. The number of carboxylic acid groups (broad SMARTS) is 1. The molecule has 6 heteroatoms. The molecule has 0 amide bonds. The summed E-state index contributed by atoms with van der Waals surface area (Å²) in [5.41, 5.74) is 2.54. The van der Waals surface area contributed by atoms with E-state index in [0.29, 0.717) is 5.82 Å². The molecule has 0 bridgehead atoms. The van der Waals surface area contributed by atoms with Crippen LogP contribution in [0, 0.1) is 0 Å². The van der Waals surface area contributed by atoms with E-state index >= 15 is 0 Å². The number of imidazole rings is 1. The molecule has 0 aromatic carbocycles. The molecule has 0 saturated heterocycles. The van der Waals surface area contributed by atoms with Crippen molar-refractivity contribution in [3.63, 3.8) is 0 Å². The fourth-order valence-corrected chi connectivity index (χ4v) is 2.64. The van der Waals surface area contributed by atoms with E-state index in [4.69, 9.17) is 5.11 Å². The van der Waals surface area contributed by atoms with Crippen LogP contribution in [0.25, 0.3) is 16.9 Å². The van der Waals surface area contributed by atoms with Crippen molar-refractivity contribution in [3.8, 4) is 11.3 Å². The Hall–Kier alpha value is -2.34. The number of thiophene rings is 1. The molecule has 0 aliphatic carbocycles. The largest absolute Gasteiger partial charge is 0.480 e. The molecule has 0 aliphatic rings. The molecule has 1 unspecified atom stereocenters. The summed E-state index contributed by atoms with van der Waals surface area (Å²) in [5.74, 6) is -0.193. The predicted octanol–water partition coefficient (Wildman–Crippen LogP) is 2.95. The number of nitrogens with zero attached hydrogens (tertiary/aromatic N) is 2. The Labute approximate surface area is 119 Å². The molecule has 1 atom stereocenters. The van der Waals surface area contributed by atoms with Crippen molar-refractivity contribution in [2.45, 2.75) is 13.0 Å². The molecule has 5 nitrogen and oxygen atoms in total. The zero-order chi connectivity index (χ0) is 14.1. The van der Waals surface area contributed by atoms with Crippen LogP contribution in [-0.4, -0.2) is 26.5 Å². The number of hydrogen-bond acceptors (Lipinski definition) is 4. The molecule has 3 aromatic heterocycles. The van der Waals surface area contributed by atoms with Gasteiger partial charge in [-0.25, -0.2) is 4.98 Å². The average Bonchev–Trinajstić information content (AvgIpc) is 3.06. The summed E-state index contributed by atoms with van der Waals surface area (Å²) in [7, 11) is 0. The van der Waals surface area contributed by atoms with Gasteiger partial charge in [-0.3, -0.25) is 9.20 Å². The lowest BCUT2D eigenvalue weighted by molar-refractivity contribution is -0.137. The second-order valence-corrected chi connectivity index (χ2v) is 5.23. The Morgan fingerprint density at radius 2 is 2.30 bits per heavy atom. The van der Waals surface area contributed by atoms with Crippen molar-refractivity contribution in [2.24, 2.45) is 0 Å². The lowest BCUT2D eigenvalue weighted by atomic mass is 10.2. The molecule has 2 N–H and O–H groups in total. The lowest BCUT2D eigenvalue weighted by Crippen LogP contribution is -2.26. The summed E-state index contributed by atoms with van der Waals surface area (Å²) in [5, 5.41) is 16.1. The number of rotatable bonds is 4. The number of anilines is 1. The van der Waals surface area contributed by atoms with Crippen molar-refractivity contribution in [3.05, 3.63) is 41.2 Å². The Morgan fingerprint density at radius 1 is 1.45 bits per heavy atom. The van der Waals surface area contributed by atoms with Crippen molar-refractivity contribution in [1.82, 2.24) is 9.38 Å². The highest BCUT2D eigenvalue weighted by atomic mass is 32.1. The summed E-state index contributed by atoms with van der Waals surface area (Å²) in [6, 6.07) is 6.98. The molecule has 0 aliphatic heterocycles. The number of fused-ring (bicyclic) bond motifs is 1. The summed E-state index contributed by atoms with van der Waals surface area (Å²) in [6.45, 7) is 1.61. The van der Waals surface area contributed by atoms with Crippen LogP contribution in [0.3, 0.4) is 0 Å². The van der Waals surface area contributed by atoms with Gasteiger partial charge in [0.05, 0.1) is 0 Å². The Balaban J connectivity index is 2.16. The van der Waals surface area contributed by atoms with E-state index in [1.165, 1.54) is 0 Å². The van der Waals surface area contributed by atoms with Crippen LogP contribution in [0.4, 0.5) is 5.82 Å². The molecular weight excluding hydrogens is 274 g/mol. The highest BCUT2D eigenvalue weighted by Gasteiger charge is 2.18.